The molecule has 0 fully saturated rings. The first-order valence-electron chi connectivity index (χ1n) is 2.95. The minimum absolute atomic E-state index is 0. The predicted molar refractivity (Wildman–Crippen MR) is 41.5 cm³/mol. The van der Waals surface area contributed by atoms with E-state index in [1.165, 1.54) is 12.3 Å². The van der Waals surface area contributed by atoms with E-state index in [1.807, 2.05) is 6.92 Å². The number of hydrogen-bond donors (Lipinski definition) is 1. The van der Waals surface area contributed by atoms with Crippen LogP contribution in [0.25, 0.3) is 0 Å². The van der Waals surface area contributed by atoms with Crippen LogP contribution in [0.5, 0.6) is 0 Å². The molecule has 0 aliphatic rings. The van der Waals surface area contributed by atoms with Crippen LogP contribution in [0.1, 0.15) is 6.99 Å². The van der Waals surface area contributed by atoms with Crippen LogP contribution >= 0.6 is 0 Å². The fourth-order valence-corrected chi connectivity index (χ4v) is 1.08. The van der Waals surface area contributed by atoms with Crippen LogP contribution in [0.2, 0.25) is 0 Å². The first-order valence-corrected chi connectivity index (χ1v) is 4.50. The molecule has 6 heteroatoms. The Morgan fingerprint density at radius 2 is 2.08 bits per heavy atom. The average molecular weight is 212 g/mol. The third-order valence-corrected chi connectivity index (χ3v) is 2.00. The van der Waals surface area contributed by atoms with Crippen LogP contribution < -0.4 is 56.5 Å². The normalized spacial score (nSPS) is 10.5. The van der Waals surface area contributed by atoms with Gasteiger partial charge >= 0.3 is 51.4 Å². The second-order valence-corrected chi connectivity index (χ2v) is 3.73. The Morgan fingerprint density at radius 1 is 1.50 bits per heavy atom. The molecular formula is C6H9KN2O2S. The van der Waals surface area contributed by atoms with Gasteiger partial charge in [-0.05, 0) is 18.6 Å². The number of nitrogens with zero attached hydrogens (tertiary/aromatic N) is 1. The van der Waals surface area contributed by atoms with Gasteiger partial charge in [-0.3, -0.25) is 0 Å². The number of hydrogen-bond acceptors (Lipinski definition) is 3. The number of rotatable bonds is 1. The van der Waals surface area contributed by atoms with Crippen molar-refractivity contribution >= 4 is 10.0 Å². The average Bonchev–Trinajstić information content (AvgIpc) is 1.86. The van der Waals surface area contributed by atoms with Crippen LogP contribution in [-0.4, -0.2) is 13.4 Å². The molecule has 0 atom stereocenters. The summed E-state index contributed by atoms with van der Waals surface area (Å²) in [7, 11) is -3.63. The summed E-state index contributed by atoms with van der Waals surface area (Å²) < 4.78 is 21.3. The fourth-order valence-electron chi connectivity index (χ4n) is 0.623. The van der Waals surface area contributed by atoms with Crippen LogP contribution in [0.15, 0.2) is 23.4 Å². The van der Waals surface area contributed by atoms with E-state index in [4.69, 9.17) is 5.14 Å². The smallest absolute Gasteiger partial charge is 1.00 e. The Bertz CT molecular complexity index is 351. The SMILES string of the molecule is Cc1ccc(S(N)(=O)=O)nc1.[H-].[K+]. The molecule has 0 aromatic carbocycles. The number of primary sulfonamides is 1. The zero-order valence-corrected chi connectivity index (χ0v) is 10.9. The van der Waals surface area contributed by atoms with Gasteiger partial charge in [0.1, 0.15) is 0 Å². The predicted octanol–water partition coefficient (Wildman–Crippen LogP) is -2.85. The Labute approximate surface area is 116 Å². The van der Waals surface area contributed by atoms with Crippen molar-refractivity contribution in [3.63, 3.8) is 0 Å². The number of aromatic nitrogens is 1. The number of nitrogens with two attached hydrogens (primary N) is 1. The summed E-state index contributed by atoms with van der Waals surface area (Å²) in [5, 5.41) is 4.72. The van der Waals surface area contributed by atoms with Crippen LogP contribution in [0, 0.1) is 6.92 Å². The molecule has 0 aliphatic carbocycles. The third kappa shape index (κ3) is 3.61. The van der Waals surface area contributed by atoms with Gasteiger partial charge in [0.25, 0.3) is 10.0 Å². The number of pyridine rings is 1. The molecule has 12 heavy (non-hydrogen) atoms. The first kappa shape index (κ1) is 12.7. The van der Waals surface area contributed by atoms with Gasteiger partial charge in [0.15, 0.2) is 5.03 Å². The van der Waals surface area contributed by atoms with Crippen molar-refractivity contribution in [2.45, 2.75) is 11.9 Å². The van der Waals surface area contributed by atoms with Gasteiger partial charge in [-0.1, -0.05) is 6.07 Å². The van der Waals surface area contributed by atoms with Gasteiger partial charge in [-0.25, -0.2) is 18.5 Å². The Kier molecular flexibility index (Phi) is 5.08. The summed E-state index contributed by atoms with van der Waals surface area (Å²) in [5.74, 6) is 0. The molecule has 0 aliphatic heterocycles. The molecule has 2 N–H and O–H groups in total. The minimum Gasteiger partial charge on any atom is -1.00 e. The monoisotopic (exact) mass is 212 g/mol. The maximum Gasteiger partial charge on any atom is 1.00 e. The Hall–Kier alpha value is 0.696. The molecule has 1 heterocycles. The molecule has 0 saturated heterocycles. The van der Waals surface area contributed by atoms with Gasteiger partial charge in [0.05, 0.1) is 0 Å². The van der Waals surface area contributed by atoms with Gasteiger partial charge in [-0.2, -0.15) is 0 Å². The number of sulfonamides is 1. The Balaban J connectivity index is 0. The van der Waals surface area contributed by atoms with E-state index in [1.54, 1.807) is 6.07 Å². The van der Waals surface area contributed by atoms with Crippen molar-refractivity contribution in [1.29, 1.82) is 0 Å². The molecule has 1 aromatic heterocycles. The van der Waals surface area contributed by atoms with Crippen LogP contribution in [0.3, 0.4) is 0 Å². The summed E-state index contributed by atoms with van der Waals surface area (Å²) in [6, 6.07) is 3.03. The Morgan fingerprint density at radius 3 is 2.42 bits per heavy atom. The molecule has 4 nitrogen and oxygen atoms in total. The van der Waals surface area contributed by atoms with Gasteiger partial charge < -0.3 is 1.43 Å². The van der Waals surface area contributed by atoms with Gasteiger partial charge in [-0.15, -0.1) is 0 Å². The molecule has 62 valence electrons. The molecule has 1 aromatic rings. The molecule has 0 spiro atoms. The van der Waals surface area contributed by atoms with E-state index in [0.717, 1.165) is 5.56 Å². The molecule has 0 radical (unpaired) electrons. The van der Waals surface area contributed by atoms with E-state index in [2.05, 4.69) is 4.98 Å². The van der Waals surface area contributed by atoms with Crippen molar-refractivity contribution in [3.05, 3.63) is 23.9 Å². The second kappa shape index (κ2) is 4.80. The molecule has 1 rings (SSSR count). The van der Waals surface area contributed by atoms with Crippen LogP contribution in [-0.2, 0) is 10.0 Å². The summed E-state index contributed by atoms with van der Waals surface area (Å²) in [5.41, 5.74) is 0.900. The van der Waals surface area contributed by atoms with Gasteiger partial charge in [0.2, 0.25) is 0 Å². The van der Waals surface area contributed by atoms with E-state index in [-0.39, 0.29) is 57.8 Å². The number of aryl methyl sites for hydroxylation is 1. The van der Waals surface area contributed by atoms with Crippen LogP contribution in [0.4, 0.5) is 0 Å². The van der Waals surface area contributed by atoms with Crippen molar-refractivity contribution < 1.29 is 61.2 Å². The van der Waals surface area contributed by atoms with Crippen molar-refractivity contribution in [1.82, 2.24) is 4.98 Å². The largest absolute Gasteiger partial charge is 1.00 e. The van der Waals surface area contributed by atoms with E-state index in [0.29, 0.717) is 0 Å². The zero-order chi connectivity index (χ0) is 8.48. The van der Waals surface area contributed by atoms with E-state index >= 15 is 0 Å². The quantitative estimate of drug-likeness (QED) is 0.509. The fraction of sp³-hybridized carbons (Fsp3) is 0.167. The zero-order valence-electron chi connectivity index (χ0n) is 7.98. The first-order chi connectivity index (χ1) is 5.00. The van der Waals surface area contributed by atoms with Crippen molar-refractivity contribution in [2.24, 2.45) is 5.14 Å². The van der Waals surface area contributed by atoms with E-state index in [9.17, 15) is 8.42 Å². The molecule has 0 saturated carbocycles. The topological polar surface area (TPSA) is 73.1 Å². The summed E-state index contributed by atoms with van der Waals surface area (Å²) in [4.78, 5) is 3.64. The maximum absolute atomic E-state index is 10.7. The standard InChI is InChI=1S/C6H8N2O2S.K.H/c1-5-2-3-6(8-4-5)11(7,9)10;;/h2-4H,1H3,(H2,7,9,10);;/q;+1;-1. The van der Waals surface area contributed by atoms with Crippen molar-refractivity contribution in [2.75, 3.05) is 0 Å². The second-order valence-electron chi connectivity index (χ2n) is 2.22. The van der Waals surface area contributed by atoms with Gasteiger partial charge in [0, 0.05) is 6.20 Å². The van der Waals surface area contributed by atoms with E-state index < -0.39 is 10.0 Å². The molecule has 0 unspecified atom stereocenters. The summed E-state index contributed by atoms with van der Waals surface area (Å²) in [6.07, 6.45) is 1.46. The summed E-state index contributed by atoms with van der Waals surface area (Å²) >= 11 is 0. The minimum atomic E-state index is -3.63. The molecule has 0 bridgehead atoms. The third-order valence-electron chi connectivity index (χ3n) is 1.18. The molecular weight excluding hydrogens is 203 g/mol. The molecule has 0 amide bonds. The van der Waals surface area contributed by atoms with Crippen molar-refractivity contribution in [3.8, 4) is 0 Å². The maximum atomic E-state index is 10.7. The summed E-state index contributed by atoms with van der Waals surface area (Å²) in [6.45, 7) is 1.82.